The Morgan fingerprint density at radius 2 is 1.67 bits per heavy atom. The van der Waals surface area contributed by atoms with Crippen molar-refractivity contribution in [3.05, 3.63) is 78.4 Å². The average molecular weight is 475 g/mol. The van der Waals surface area contributed by atoms with Crippen LogP contribution in [0.25, 0.3) is 11.0 Å². The van der Waals surface area contributed by atoms with Crippen LogP contribution in [-0.2, 0) is 27.5 Å². The summed E-state index contributed by atoms with van der Waals surface area (Å²) in [5.41, 5.74) is 0.256. The zero-order valence-electron chi connectivity index (χ0n) is 16.7. The van der Waals surface area contributed by atoms with E-state index in [1.165, 1.54) is 35.0 Å². The molecule has 12 heteroatoms. The highest BCUT2D eigenvalue weighted by molar-refractivity contribution is 7.92. The smallest absolute Gasteiger partial charge is 0.324 e. The Balaban J connectivity index is 1.49. The molecule has 0 unspecified atom stereocenters. The van der Waals surface area contributed by atoms with E-state index < -0.39 is 27.7 Å². The molecule has 0 radical (unpaired) electrons. The van der Waals surface area contributed by atoms with Gasteiger partial charge in [-0.1, -0.05) is 29.5 Å². The zero-order chi connectivity index (χ0) is 23.6. The van der Waals surface area contributed by atoms with E-state index >= 15 is 0 Å². The number of aromatic nitrogens is 3. The summed E-state index contributed by atoms with van der Waals surface area (Å²) < 4.78 is 67.6. The van der Waals surface area contributed by atoms with Crippen molar-refractivity contribution in [3.63, 3.8) is 0 Å². The zero-order valence-corrected chi connectivity index (χ0v) is 17.6. The Labute approximate surface area is 186 Å². The largest absolute Gasteiger partial charge is 0.416 e. The summed E-state index contributed by atoms with van der Waals surface area (Å²) in [5.74, 6) is -0.467. The molecule has 1 amide bonds. The number of carbonyl (C=O) groups is 1. The molecule has 0 saturated carbocycles. The van der Waals surface area contributed by atoms with Crippen molar-refractivity contribution in [2.75, 3.05) is 10.0 Å². The molecule has 0 aliphatic carbocycles. The van der Waals surface area contributed by atoms with Crippen LogP contribution in [0.2, 0.25) is 0 Å². The fraction of sp³-hybridized carbons (Fsp3) is 0.0952. The normalized spacial score (nSPS) is 12.0. The van der Waals surface area contributed by atoms with E-state index in [9.17, 15) is 26.4 Å². The highest BCUT2D eigenvalue weighted by atomic mass is 32.2. The van der Waals surface area contributed by atoms with Crippen LogP contribution < -0.4 is 10.0 Å². The van der Waals surface area contributed by atoms with Crippen molar-refractivity contribution in [1.82, 2.24) is 15.0 Å². The molecule has 0 saturated heterocycles. The molecule has 0 atom stereocenters. The standard InChI is InChI=1S/C21H16F3N5O3S/c22-21(23,24)14-5-3-7-16(11-14)27-33(31,32)17-8-4-6-15(12-17)25-20(30)13-29-19-10-2-1-9-18(19)26-28-29/h1-12,27H,13H2,(H,25,30). The Kier molecular flexibility index (Phi) is 5.77. The molecule has 0 bridgehead atoms. The number of nitrogens with zero attached hydrogens (tertiary/aromatic N) is 3. The van der Waals surface area contributed by atoms with Crippen molar-refractivity contribution in [2.24, 2.45) is 0 Å². The third-order valence-electron chi connectivity index (χ3n) is 4.58. The van der Waals surface area contributed by atoms with Gasteiger partial charge in [0.15, 0.2) is 0 Å². The lowest BCUT2D eigenvalue weighted by Gasteiger charge is -2.12. The fourth-order valence-electron chi connectivity index (χ4n) is 3.08. The van der Waals surface area contributed by atoms with E-state index in [0.29, 0.717) is 17.1 Å². The highest BCUT2D eigenvalue weighted by Gasteiger charge is 2.30. The average Bonchev–Trinajstić information content (AvgIpc) is 3.16. The summed E-state index contributed by atoms with van der Waals surface area (Å²) in [6.45, 7) is -0.153. The number of sulfonamides is 1. The van der Waals surface area contributed by atoms with Gasteiger partial charge in [-0.25, -0.2) is 13.1 Å². The number of rotatable bonds is 6. The first-order chi connectivity index (χ1) is 15.6. The van der Waals surface area contributed by atoms with Crippen LogP contribution in [0.15, 0.2) is 77.7 Å². The predicted molar refractivity (Wildman–Crippen MR) is 115 cm³/mol. The molecule has 3 aromatic carbocycles. The topological polar surface area (TPSA) is 106 Å². The van der Waals surface area contributed by atoms with E-state index in [-0.39, 0.29) is 22.8 Å². The molecule has 0 spiro atoms. The van der Waals surface area contributed by atoms with Crippen LogP contribution in [-0.4, -0.2) is 29.3 Å². The molecule has 1 heterocycles. The number of amides is 1. The monoisotopic (exact) mass is 475 g/mol. The van der Waals surface area contributed by atoms with E-state index in [4.69, 9.17) is 0 Å². The van der Waals surface area contributed by atoms with Crippen molar-refractivity contribution < 1.29 is 26.4 Å². The van der Waals surface area contributed by atoms with Gasteiger partial charge in [-0.15, -0.1) is 5.10 Å². The molecular formula is C21H16F3N5O3S. The molecule has 0 fully saturated rings. The van der Waals surface area contributed by atoms with Crippen LogP contribution in [0.5, 0.6) is 0 Å². The Morgan fingerprint density at radius 3 is 2.45 bits per heavy atom. The Morgan fingerprint density at radius 1 is 0.939 bits per heavy atom. The maximum Gasteiger partial charge on any atom is 0.416 e. The first kappa shape index (κ1) is 22.3. The summed E-state index contributed by atoms with van der Waals surface area (Å²) >= 11 is 0. The van der Waals surface area contributed by atoms with Gasteiger partial charge >= 0.3 is 6.18 Å². The second-order valence-electron chi connectivity index (χ2n) is 7.00. The van der Waals surface area contributed by atoms with Crippen molar-refractivity contribution in [2.45, 2.75) is 17.6 Å². The predicted octanol–water partition coefficient (Wildman–Crippen LogP) is 3.89. The summed E-state index contributed by atoms with van der Waals surface area (Å²) in [6.07, 6.45) is -4.61. The molecule has 1 aromatic heterocycles. The number of anilines is 2. The molecular weight excluding hydrogens is 459 g/mol. The maximum atomic E-state index is 12.9. The lowest BCUT2D eigenvalue weighted by Crippen LogP contribution is -2.20. The van der Waals surface area contributed by atoms with E-state index in [0.717, 1.165) is 12.1 Å². The van der Waals surface area contributed by atoms with E-state index in [2.05, 4.69) is 20.4 Å². The molecule has 0 aliphatic rings. The van der Waals surface area contributed by atoms with Gasteiger partial charge in [0, 0.05) is 11.4 Å². The number of hydrogen-bond donors (Lipinski definition) is 2. The van der Waals surface area contributed by atoms with Gasteiger partial charge in [-0.05, 0) is 48.5 Å². The summed E-state index contributed by atoms with van der Waals surface area (Å²) in [5, 5.41) is 10.5. The fourth-order valence-corrected chi connectivity index (χ4v) is 4.18. The lowest BCUT2D eigenvalue weighted by molar-refractivity contribution is -0.137. The van der Waals surface area contributed by atoms with Gasteiger partial charge < -0.3 is 5.32 Å². The number of alkyl halides is 3. The maximum absolute atomic E-state index is 12.9. The number of fused-ring (bicyclic) bond motifs is 1. The summed E-state index contributed by atoms with van der Waals surface area (Å²) in [7, 11) is -4.21. The molecule has 33 heavy (non-hydrogen) atoms. The molecule has 8 nitrogen and oxygen atoms in total. The first-order valence-corrected chi connectivity index (χ1v) is 11.0. The van der Waals surface area contributed by atoms with E-state index in [1.807, 2.05) is 0 Å². The Hall–Kier alpha value is -3.93. The molecule has 170 valence electrons. The minimum atomic E-state index is -4.61. The van der Waals surface area contributed by atoms with Gasteiger partial charge in [-0.3, -0.25) is 9.52 Å². The van der Waals surface area contributed by atoms with Gasteiger partial charge in [-0.2, -0.15) is 13.2 Å². The number of hydrogen-bond acceptors (Lipinski definition) is 5. The molecule has 2 N–H and O–H groups in total. The molecule has 0 aliphatic heterocycles. The SMILES string of the molecule is O=C(Cn1nnc2ccccc21)Nc1cccc(S(=O)(=O)Nc2cccc(C(F)(F)F)c2)c1. The van der Waals surface area contributed by atoms with E-state index in [1.54, 1.807) is 24.3 Å². The summed E-state index contributed by atoms with van der Waals surface area (Å²) in [4.78, 5) is 12.2. The van der Waals surface area contributed by atoms with Gasteiger partial charge in [0.1, 0.15) is 12.1 Å². The number of benzene rings is 3. The van der Waals surface area contributed by atoms with Crippen LogP contribution in [0.4, 0.5) is 24.5 Å². The Bertz CT molecular complexity index is 1430. The van der Waals surface area contributed by atoms with Gasteiger partial charge in [0.25, 0.3) is 10.0 Å². The lowest BCUT2D eigenvalue weighted by atomic mass is 10.2. The minimum absolute atomic E-state index is 0.153. The van der Waals surface area contributed by atoms with Gasteiger partial charge in [0.05, 0.1) is 16.0 Å². The van der Waals surface area contributed by atoms with Crippen molar-refractivity contribution in [3.8, 4) is 0 Å². The number of nitrogens with one attached hydrogen (secondary N) is 2. The first-order valence-electron chi connectivity index (χ1n) is 9.50. The van der Waals surface area contributed by atoms with Crippen molar-refractivity contribution >= 4 is 38.3 Å². The third-order valence-corrected chi connectivity index (χ3v) is 5.96. The molecule has 4 rings (SSSR count). The molecule has 4 aromatic rings. The highest BCUT2D eigenvalue weighted by Crippen LogP contribution is 2.31. The second-order valence-corrected chi connectivity index (χ2v) is 8.68. The number of halogens is 3. The minimum Gasteiger partial charge on any atom is -0.324 e. The van der Waals surface area contributed by atoms with Crippen LogP contribution in [0.1, 0.15) is 5.56 Å². The quantitative estimate of drug-likeness (QED) is 0.440. The summed E-state index contributed by atoms with van der Waals surface area (Å²) in [6, 6.07) is 16.3. The number of para-hydroxylation sites is 1. The second kappa shape index (κ2) is 8.54. The number of carbonyl (C=O) groups excluding carboxylic acids is 1. The van der Waals surface area contributed by atoms with Crippen molar-refractivity contribution in [1.29, 1.82) is 0 Å². The van der Waals surface area contributed by atoms with Crippen LogP contribution in [0.3, 0.4) is 0 Å². The van der Waals surface area contributed by atoms with Crippen LogP contribution >= 0.6 is 0 Å². The third kappa shape index (κ3) is 5.12. The van der Waals surface area contributed by atoms with Crippen LogP contribution in [0, 0.1) is 0 Å². The van der Waals surface area contributed by atoms with Gasteiger partial charge in [0.2, 0.25) is 5.91 Å².